The quantitative estimate of drug-likeness (QED) is 0.726. The first-order valence-corrected chi connectivity index (χ1v) is 9.87. The van der Waals surface area contributed by atoms with Gasteiger partial charge in [-0.1, -0.05) is 18.2 Å². The Morgan fingerprint density at radius 2 is 1.93 bits per heavy atom. The fraction of sp³-hybridized carbons (Fsp3) is 0.409. The van der Waals surface area contributed by atoms with Crippen molar-refractivity contribution >= 4 is 18.0 Å². The average molecular weight is 397 g/mol. The molecule has 0 bridgehead atoms. The van der Waals surface area contributed by atoms with E-state index >= 15 is 0 Å². The molecule has 0 unspecified atom stereocenters. The molecule has 1 fully saturated rings. The molecule has 3 rings (SSSR count). The molecule has 1 amide bonds. The molecule has 0 saturated carbocycles. The Bertz CT molecular complexity index is 883. The summed E-state index contributed by atoms with van der Waals surface area (Å²) >= 11 is 0. The van der Waals surface area contributed by atoms with Gasteiger partial charge in [0.25, 0.3) is 0 Å². The number of benzene rings is 1. The number of carbonyl (C=O) groups is 2. The molecule has 2 heterocycles. The summed E-state index contributed by atoms with van der Waals surface area (Å²) in [6, 6.07) is 9.84. The number of ether oxygens (including phenoxy) is 1. The lowest BCUT2D eigenvalue weighted by Crippen LogP contribution is -2.43. The molecular formula is C22H27N3O4. The largest absolute Gasteiger partial charge is 0.481 e. The van der Waals surface area contributed by atoms with Crippen LogP contribution in [0.25, 0.3) is 11.8 Å². The SMILES string of the molecule is Cc1nn(-c2ccccc2)c(C)c1C=CC(=O)N(CCC(=O)O)C1CCOCC1. The predicted octanol–water partition coefficient (Wildman–Crippen LogP) is 2.98. The van der Waals surface area contributed by atoms with Crippen LogP contribution in [-0.4, -0.2) is 57.5 Å². The van der Waals surface area contributed by atoms with E-state index in [9.17, 15) is 9.59 Å². The van der Waals surface area contributed by atoms with Crippen LogP contribution in [0.2, 0.25) is 0 Å². The summed E-state index contributed by atoms with van der Waals surface area (Å²) in [6.45, 7) is 5.26. The van der Waals surface area contributed by atoms with Crippen LogP contribution in [0.1, 0.15) is 36.2 Å². The van der Waals surface area contributed by atoms with E-state index in [1.807, 2.05) is 48.9 Å². The van der Waals surface area contributed by atoms with Crippen LogP contribution < -0.4 is 0 Å². The number of carbonyl (C=O) groups excluding carboxylic acids is 1. The molecule has 7 heteroatoms. The number of hydrogen-bond donors (Lipinski definition) is 1. The third-order valence-electron chi connectivity index (χ3n) is 5.22. The standard InChI is InChI=1S/C22H27N3O4/c1-16-20(17(2)25(23-16)19-6-4-3-5-7-19)8-9-21(26)24(13-10-22(27)28)18-11-14-29-15-12-18/h3-9,18H,10-15H2,1-2H3,(H,27,28). The van der Waals surface area contributed by atoms with Crippen molar-refractivity contribution in [2.75, 3.05) is 19.8 Å². The third-order valence-corrected chi connectivity index (χ3v) is 5.22. The van der Waals surface area contributed by atoms with Crippen LogP contribution in [0.4, 0.5) is 0 Å². The lowest BCUT2D eigenvalue weighted by molar-refractivity contribution is -0.138. The maximum Gasteiger partial charge on any atom is 0.305 e. The van der Waals surface area contributed by atoms with Gasteiger partial charge in [0.2, 0.25) is 5.91 Å². The fourth-order valence-corrected chi connectivity index (χ4v) is 3.65. The number of carboxylic acid groups (broad SMARTS) is 1. The molecule has 7 nitrogen and oxygen atoms in total. The molecule has 1 saturated heterocycles. The van der Waals surface area contributed by atoms with Crippen LogP contribution >= 0.6 is 0 Å². The van der Waals surface area contributed by atoms with E-state index in [1.54, 1.807) is 11.0 Å². The van der Waals surface area contributed by atoms with Crippen molar-refractivity contribution in [2.45, 2.75) is 39.2 Å². The number of aromatic nitrogens is 2. The first kappa shape index (κ1) is 20.8. The summed E-state index contributed by atoms with van der Waals surface area (Å²) < 4.78 is 7.24. The Morgan fingerprint density at radius 3 is 2.59 bits per heavy atom. The molecule has 0 spiro atoms. The van der Waals surface area contributed by atoms with Gasteiger partial charge < -0.3 is 14.7 Å². The number of aliphatic carboxylic acids is 1. The number of rotatable bonds is 7. The molecular weight excluding hydrogens is 370 g/mol. The van der Waals surface area contributed by atoms with Gasteiger partial charge in [0.05, 0.1) is 17.8 Å². The second-order valence-electron chi connectivity index (χ2n) is 7.18. The van der Waals surface area contributed by atoms with Crippen molar-refractivity contribution in [2.24, 2.45) is 0 Å². The number of aryl methyl sites for hydroxylation is 1. The first-order chi connectivity index (χ1) is 14.0. The van der Waals surface area contributed by atoms with E-state index in [4.69, 9.17) is 9.84 Å². The monoisotopic (exact) mass is 397 g/mol. The van der Waals surface area contributed by atoms with Gasteiger partial charge in [-0.15, -0.1) is 0 Å². The van der Waals surface area contributed by atoms with Crippen molar-refractivity contribution in [3.05, 3.63) is 53.4 Å². The van der Waals surface area contributed by atoms with Crippen molar-refractivity contribution < 1.29 is 19.4 Å². The Hall–Kier alpha value is -2.93. The highest BCUT2D eigenvalue weighted by Crippen LogP contribution is 2.20. The van der Waals surface area contributed by atoms with Gasteiger partial charge in [0, 0.05) is 43.1 Å². The van der Waals surface area contributed by atoms with Gasteiger partial charge in [0.1, 0.15) is 0 Å². The summed E-state index contributed by atoms with van der Waals surface area (Å²) in [4.78, 5) is 25.6. The van der Waals surface area contributed by atoms with Crippen LogP contribution in [-0.2, 0) is 14.3 Å². The van der Waals surface area contributed by atoms with Gasteiger partial charge in [-0.2, -0.15) is 5.10 Å². The van der Waals surface area contributed by atoms with Crippen molar-refractivity contribution in [3.63, 3.8) is 0 Å². The molecule has 1 aliphatic rings. The highest BCUT2D eigenvalue weighted by atomic mass is 16.5. The summed E-state index contributed by atoms with van der Waals surface area (Å²) in [5, 5.41) is 13.6. The number of amides is 1. The van der Waals surface area contributed by atoms with E-state index in [1.165, 1.54) is 6.08 Å². The van der Waals surface area contributed by atoms with Crippen molar-refractivity contribution in [1.82, 2.24) is 14.7 Å². The summed E-state index contributed by atoms with van der Waals surface area (Å²) in [5.41, 5.74) is 3.64. The topological polar surface area (TPSA) is 84.7 Å². The smallest absolute Gasteiger partial charge is 0.305 e. The Labute approximate surface area is 170 Å². The van der Waals surface area contributed by atoms with E-state index < -0.39 is 5.97 Å². The molecule has 0 aliphatic carbocycles. The highest BCUT2D eigenvalue weighted by Gasteiger charge is 2.25. The Balaban J connectivity index is 1.80. The van der Waals surface area contributed by atoms with Gasteiger partial charge in [-0.05, 0) is 44.9 Å². The molecule has 0 atom stereocenters. The molecule has 2 aromatic rings. The van der Waals surface area contributed by atoms with E-state index in [2.05, 4.69) is 5.10 Å². The number of nitrogens with zero attached hydrogens (tertiary/aromatic N) is 3. The van der Waals surface area contributed by atoms with Crippen molar-refractivity contribution in [3.8, 4) is 5.69 Å². The van der Waals surface area contributed by atoms with Gasteiger partial charge >= 0.3 is 5.97 Å². The second-order valence-corrected chi connectivity index (χ2v) is 7.18. The van der Waals surface area contributed by atoms with Gasteiger partial charge in [0.15, 0.2) is 0 Å². The van der Waals surface area contributed by atoms with Gasteiger partial charge in [-0.3, -0.25) is 9.59 Å². The Morgan fingerprint density at radius 1 is 1.24 bits per heavy atom. The minimum absolute atomic E-state index is 0.00878. The zero-order valence-electron chi connectivity index (χ0n) is 16.9. The number of carboxylic acids is 1. The normalized spacial score (nSPS) is 15.0. The summed E-state index contributed by atoms with van der Waals surface area (Å²) in [7, 11) is 0. The van der Waals surface area contributed by atoms with Crippen molar-refractivity contribution in [1.29, 1.82) is 0 Å². The fourth-order valence-electron chi connectivity index (χ4n) is 3.65. The van der Waals surface area contributed by atoms with Crippen LogP contribution in [0.5, 0.6) is 0 Å². The number of hydrogen-bond acceptors (Lipinski definition) is 4. The van der Waals surface area contributed by atoms with E-state index in [-0.39, 0.29) is 24.9 Å². The molecule has 154 valence electrons. The maximum atomic E-state index is 12.9. The van der Waals surface area contributed by atoms with E-state index in [0.29, 0.717) is 13.2 Å². The molecule has 0 radical (unpaired) electrons. The predicted molar refractivity (Wildman–Crippen MR) is 110 cm³/mol. The second kappa shape index (κ2) is 9.52. The molecule has 1 aromatic carbocycles. The maximum absolute atomic E-state index is 12.9. The molecule has 29 heavy (non-hydrogen) atoms. The minimum atomic E-state index is -0.908. The van der Waals surface area contributed by atoms with E-state index in [0.717, 1.165) is 35.5 Å². The molecule has 1 aliphatic heterocycles. The van der Waals surface area contributed by atoms with Crippen LogP contribution in [0.15, 0.2) is 36.4 Å². The summed E-state index contributed by atoms with van der Waals surface area (Å²) in [5.74, 6) is -1.08. The average Bonchev–Trinajstić information content (AvgIpc) is 3.01. The first-order valence-electron chi connectivity index (χ1n) is 9.87. The van der Waals surface area contributed by atoms with Gasteiger partial charge in [-0.25, -0.2) is 4.68 Å². The summed E-state index contributed by atoms with van der Waals surface area (Å²) in [6.07, 6.45) is 4.70. The Kier molecular flexibility index (Phi) is 6.82. The zero-order valence-corrected chi connectivity index (χ0v) is 16.9. The third kappa shape index (κ3) is 5.12. The van der Waals surface area contributed by atoms with Crippen LogP contribution in [0, 0.1) is 13.8 Å². The lowest BCUT2D eigenvalue weighted by atomic mass is 10.1. The minimum Gasteiger partial charge on any atom is -0.481 e. The zero-order chi connectivity index (χ0) is 20.8. The molecule has 1 N–H and O–H groups in total. The number of para-hydroxylation sites is 1. The lowest BCUT2D eigenvalue weighted by Gasteiger charge is -2.33. The molecule has 1 aromatic heterocycles. The van der Waals surface area contributed by atoms with Crippen LogP contribution in [0.3, 0.4) is 0 Å². The highest BCUT2D eigenvalue weighted by molar-refractivity contribution is 5.92.